The van der Waals surface area contributed by atoms with Gasteiger partial charge in [-0.15, -0.1) is 0 Å². The van der Waals surface area contributed by atoms with Gasteiger partial charge in [-0.2, -0.15) is 0 Å². The number of fused-ring (bicyclic) bond motifs is 2. The maximum Gasteiger partial charge on any atom is 0.329 e. The van der Waals surface area contributed by atoms with Crippen molar-refractivity contribution in [2.24, 2.45) is 0 Å². The maximum atomic E-state index is 12.3. The van der Waals surface area contributed by atoms with E-state index in [9.17, 15) is 9.90 Å². The molecule has 2 aliphatic rings. The number of carbonyl (C=O) groups is 1. The highest BCUT2D eigenvalue weighted by Crippen LogP contribution is 2.50. The van der Waals surface area contributed by atoms with Gasteiger partial charge in [0.25, 0.3) is 0 Å². The first-order valence-electron chi connectivity index (χ1n) is 8.98. The van der Waals surface area contributed by atoms with Crippen molar-refractivity contribution < 1.29 is 9.90 Å². The average molecular weight is 368 g/mol. The van der Waals surface area contributed by atoms with Gasteiger partial charge in [0.1, 0.15) is 5.54 Å². The summed E-state index contributed by atoms with van der Waals surface area (Å²) < 4.78 is 0. The average Bonchev–Trinajstić information content (AvgIpc) is 3.01. The number of hydrogen-bond donors (Lipinski definition) is 1. The second-order valence-electron chi connectivity index (χ2n) is 7.45. The number of hydrogen-bond acceptors (Lipinski definition) is 2. The van der Waals surface area contributed by atoms with Gasteiger partial charge in [0, 0.05) is 23.2 Å². The van der Waals surface area contributed by atoms with Crippen LogP contribution < -0.4 is 4.90 Å². The van der Waals surface area contributed by atoms with Crippen LogP contribution in [0.5, 0.6) is 0 Å². The van der Waals surface area contributed by atoms with Crippen molar-refractivity contribution >= 4 is 29.3 Å². The van der Waals surface area contributed by atoms with Crippen molar-refractivity contribution in [2.75, 3.05) is 11.9 Å². The largest absolute Gasteiger partial charge is 0.479 e. The number of carboxylic acid groups (broad SMARTS) is 1. The first-order valence-corrected chi connectivity index (χ1v) is 9.36. The van der Waals surface area contributed by atoms with Crippen molar-refractivity contribution in [1.82, 2.24) is 0 Å². The van der Waals surface area contributed by atoms with Crippen LogP contribution in [-0.2, 0) is 10.2 Å². The summed E-state index contributed by atoms with van der Waals surface area (Å²) in [5.74, 6) is -0.759. The molecule has 2 aliphatic carbocycles. The number of aliphatic carboxylic acids is 1. The number of benzene rings is 2. The lowest BCUT2D eigenvalue weighted by atomic mass is 9.64. The molecule has 1 saturated carbocycles. The van der Waals surface area contributed by atoms with E-state index in [-0.39, 0.29) is 5.41 Å². The van der Waals surface area contributed by atoms with Crippen molar-refractivity contribution in [1.29, 1.82) is 0 Å². The molecule has 4 heteroatoms. The third kappa shape index (κ3) is 2.53. The molecule has 26 heavy (non-hydrogen) atoms. The van der Waals surface area contributed by atoms with E-state index in [1.165, 1.54) is 11.1 Å². The van der Waals surface area contributed by atoms with Crippen LogP contribution >= 0.6 is 11.6 Å². The number of halogens is 1. The van der Waals surface area contributed by atoms with Crippen LogP contribution in [0.2, 0.25) is 5.02 Å². The van der Waals surface area contributed by atoms with E-state index < -0.39 is 11.5 Å². The second-order valence-corrected chi connectivity index (χ2v) is 7.89. The van der Waals surface area contributed by atoms with Crippen molar-refractivity contribution in [3.63, 3.8) is 0 Å². The summed E-state index contributed by atoms with van der Waals surface area (Å²) in [6.45, 7) is 0. The molecule has 0 atom stereocenters. The Morgan fingerprint density at radius 2 is 1.81 bits per heavy atom. The highest BCUT2D eigenvalue weighted by Gasteiger charge is 2.50. The van der Waals surface area contributed by atoms with Gasteiger partial charge >= 0.3 is 5.97 Å². The first kappa shape index (κ1) is 17.2. The van der Waals surface area contributed by atoms with Crippen LogP contribution in [0.4, 0.5) is 5.69 Å². The zero-order chi connectivity index (χ0) is 18.4. The zero-order valence-corrected chi connectivity index (χ0v) is 15.5. The van der Waals surface area contributed by atoms with Gasteiger partial charge in [0.2, 0.25) is 0 Å². The molecule has 3 nitrogen and oxygen atoms in total. The fourth-order valence-electron chi connectivity index (χ4n) is 4.61. The molecule has 0 heterocycles. The van der Waals surface area contributed by atoms with Gasteiger partial charge in [-0.25, -0.2) is 4.79 Å². The molecule has 0 aliphatic heterocycles. The van der Waals surface area contributed by atoms with Gasteiger partial charge in [-0.3, -0.25) is 0 Å². The fraction of sp³-hybridized carbons (Fsp3) is 0.318. The summed E-state index contributed by atoms with van der Waals surface area (Å²) in [7, 11) is 1.87. The summed E-state index contributed by atoms with van der Waals surface area (Å²) in [5.41, 5.74) is 2.52. The van der Waals surface area contributed by atoms with Crippen molar-refractivity contribution in [3.8, 4) is 0 Å². The van der Waals surface area contributed by atoms with Crippen LogP contribution in [0, 0.1) is 0 Å². The van der Waals surface area contributed by atoms with Crippen LogP contribution in [-0.4, -0.2) is 23.7 Å². The molecular weight excluding hydrogens is 346 g/mol. The maximum absolute atomic E-state index is 12.3. The second kappa shape index (κ2) is 6.17. The molecule has 0 unspecified atom stereocenters. The Morgan fingerprint density at radius 3 is 2.50 bits per heavy atom. The number of allylic oxidation sites excluding steroid dienone is 1. The van der Waals surface area contributed by atoms with E-state index in [0.29, 0.717) is 17.9 Å². The monoisotopic (exact) mass is 367 g/mol. The Morgan fingerprint density at radius 1 is 1.08 bits per heavy atom. The lowest BCUT2D eigenvalue weighted by Gasteiger charge is -2.47. The van der Waals surface area contributed by atoms with E-state index in [2.05, 4.69) is 36.4 Å². The minimum Gasteiger partial charge on any atom is -0.479 e. The molecule has 0 radical (unpaired) electrons. The Balaban J connectivity index is 1.65. The molecule has 2 aromatic rings. The highest BCUT2D eigenvalue weighted by molar-refractivity contribution is 6.30. The summed E-state index contributed by atoms with van der Waals surface area (Å²) in [6, 6.07) is 15.9. The predicted molar refractivity (Wildman–Crippen MR) is 106 cm³/mol. The van der Waals surface area contributed by atoms with Crippen LogP contribution in [0.15, 0.2) is 54.6 Å². The molecule has 1 fully saturated rings. The van der Waals surface area contributed by atoms with Crippen LogP contribution in [0.25, 0.3) is 6.08 Å². The highest BCUT2D eigenvalue weighted by atomic mass is 35.5. The standard InChI is InChI=1S/C22H22ClNO2/c1-24(18-7-4-6-17(23)15-18)22(20(25)26)13-11-21(12-14-22)10-9-16-5-2-3-8-19(16)21/h2-10,15H,11-14H2,1H3,(H,25,26). The molecule has 2 aromatic carbocycles. The topological polar surface area (TPSA) is 40.5 Å². The summed E-state index contributed by atoms with van der Waals surface area (Å²) in [5, 5.41) is 10.7. The normalized spacial score (nSPS) is 26.7. The van der Waals surface area contributed by atoms with E-state index in [0.717, 1.165) is 18.5 Å². The minimum atomic E-state index is -0.901. The third-order valence-corrected chi connectivity index (χ3v) is 6.52. The number of carboxylic acids is 1. The molecular formula is C22H22ClNO2. The molecule has 0 amide bonds. The molecule has 1 spiro atoms. The Kier molecular flexibility index (Phi) is 4.07. The molecule has 0 saturated heterocycles. The number of rotatable bonds is 3. The quantitative estimate of drug-likeness (QED) is 0.816. The summed E-state index contributed by atoms with van der Waals surface area (Å²) in [6.07, 6.45) is 7.33. The molecule has 4 rings (SSSR count). The number of anilines is 1. The summed E-state index contributed by atoms with van der Waals surface area (Å²) >= 11 is 6.12. The lowest BCUT2D eigenvalue weighted by molar-refractivity contribution is -0.145. The van der Waals surface area contributed by atoms with Crippen LogP contribution in [0.1, 0.15) is 36.8 Å². The van der Waals surface area contributed by atoms with Gasteiger partial charge in [-0.05, 0) is 55.0 Å². The summed E-state index contributed by atoms with van der Waals surface area (Å²) in [4.78, 5) is 14.2. The van der Waals surface area contributed by atoms with Gasteiger partial charge in [-0.1, -0.05) is 54.1 Å². The zero-order valence-electron chi connectivity index (χ0n) is 14.8. The third-order valence-electron chi connectivity index (χ3n) is 6.28. The SMILES string of the molecule is CN(c1cccc(Cl)c1)C1(C(=O)O)CCC2(C=Cc3ccccc32)CC1. The minimum absolute atomic E-state index is 0.0231. The van der Waals surface area contributed by atoms with Crippen LogP contribution in [0.3, 0.4) is 0 Å². The van der Waals surface area contributed by atoms with E-state index in [1.54, 1.807) is 0 Å². The molecule has 0 aromatic heterocycles. The Labute approximate surface area is 158 Å². The number of likely N-dealkylation sites (N-methyl/N-ethyl adjacent to an activating group) is 1. The Hall–Kier alpha value is -2.26. The molecule has 0 bridgehead atoms. The lowest BCUT2D eigenvalue weighted by Crippen LogP contribution is -2.57. The smallest absolute Gasteiger partial charge is 0.329 e. The van der Waals surface area contributed by atoms with Gasteiger partial charge in [0.05, 0.1) is 0 Å². The van der Waals surface area contributed by atoms with Crippen molar-refractivity contribution in [2.45, 2.75) is 36.6 Å². The van der Waals surface area contributed by atoms with E-state index >= 15 is 0 Å². The van der Waals surface area contributed by atoms with E-state index in [1.807, 2.05) is 36.2 Å². The van der Waals surface area contributed by atoms with E-state index in [4.69, 9.17) is 11.6 Å². The fourth-order valence-corrected chi connectivity index (χ4v) is 4.79. The number of nitrogens with zero attached hydrogens (tertiary/aromatic N) is 1. The molecule has 134 valence electrons. The predicted octanol–water partition coefficient (Wildman–Crippen LogP) is 5.14. The Bertz CT molecular complexity index is 881. The van der Waals surface area contributed by atoms with Crippen molar-refractivity contribution in [3.05, 3.63) is 70.8 Å². The first-order chi connectivity index (χ1) is 12.5. The van der Waals surface area contributed by atoms with Gasteiger partial charge < -0.3 is 10.0 Å². The van der Waals surface area contributed by atoms with Gasteiger partial charge in [0.15, 0.2) is 0 Å². The molecule has 1 N–H and O–H groups in total.